The van der Waals surface area contributed by atoms with E-state index in [4.69, 9.17) is 9.84 Å². The molecular weight excluding hydrogens is 425 g/mol. The highest BCUT2D eigenvalue weighted by Crippen LogP contribution is 2.37. The van der Waals surface area contributed by atoms with Crippen molar-refractivity contribution in [3.8, 4) is 22.7 Å². The predicted octanol–water partition coefficient (Wildman–Crippen LogP) is 4.90. The molecule has 3 aromatic rings. The lowest BCUT2D eigenvalue weighted by molar-refractivity contribution is 0.412. The number of fused-ring (bicyclic) bond motifs is 1. The summed E-state index contributed by atoms with van der Waals surface area (Å²) in [5, 5.41) is 8.61. The van der Waals surface area contributed by atoms with Gasteiger partial charge in [-0.2, -0.15) is 5.10 Å². The topological polar surface area (TPSA) is 39.1 Å². The molecule has 0 fully saturated rings. The molecule has 1 aliphatic rings. The van der Waals surface area contributed by atoms with Crippen molar-refractivity contribution < 1.29 is 4.74 Å². The lowest BCUT2D eigenvalue weighted by Crippen LogP contribution is -2.08. The Balaban J connectivity index is 1.96. The van der Waals surface area contributed by atoms with Crippen LogP contribution in [-0.2, 0) is 6.42 Å². The first-order valence-electron chi connectivity index (χ1n) is 8.53. The third kappa shape index (κ3) is 3.01. The van der Waals surface area contributed by atoms with E-state index in [-0.39, 0.29) is 0 Å². The Morgan fingerprint density at radius 3 is 2.72 bits per heavy atom. The standard InChI is InChI=1S/C20H20IN3O/c1-25-18-12-5-4-11-17(18)24-20-15(9-6-7-13-22-20)19(23-24)14-8-2-3-10-16(14)21/h2-5,8,10-12,22H,6-7,9,13H2,1H3. The molecule has 4 rings (SSSR count). The summed E-state index contributed by atoms with van der Waals surface area (Å²) in [5.74, 6) is 1.92. The Morgan fingerprint density at radius 2 is 1.88 bits per heavy atom. The molecule has 1 N–H and O–H groups in total. The molecule has 0 unspecified atom stereocenters. The number of nitrogens with one attached hydrogen (secondary N) is 1. The Hall–Kier alpha value is -2.02. The van der Waals surface area contributed by atoms with Gasteiger partial charge < -0.3 is 10.1 Å². The van der Waals surface area contributed by atoms with E-state index in [1.165, 1.54) is 27.5 Å². The summed E-state index contributed by atoms with van der Waals surface area (Å²) in [5.41, 5.74) is 4.53. The highest BCUT2D eigenvalue weighted by atomic mass is 127. The van der Waals surface area contributed by atoms with E-state index in [1.54, 1.807) is 7.11 Å². The highest BCUT2D eigenvalue weighted by molar-refractivity contribution is 14.1. The molecule has 0 saturated carbocycles. The summed E-state index contributed by atoms with van der Waals surface area (Å²) in [6.45, 7) is 0.971. The maximum Gasteiger partial charge on any atom is 0.144 e. The van der Waals surface area contributed by atoms with Crippen LogP contribution in [0.25, 0.3) is 16.9 Å². The zero-order chi connectivity index (χ0) is 17.2. The third-order valence-electron chi connectivity index (χ3n) is 4.57. The molecule has 0 atom stereocenters. The smallest absolute Gasteiger partial charge is 0.144 e. The molecule has 0 saturated heterocycles. The summed E-state index contributed by atoms with van der Waals surface area (Å²) in [7, 11) is 1.70. The molecule has 25 heavy (non-hydrogen) atoms. The lowest BCUT2D eigenvalue weighted by Gasteiger charge is -2.12. The number of hydrogen-bond donors (Lipinski definition) is 1. The maximum atomic E-state index is 5.57. The number of ether oxygens (including phenoxy) is 1. The lowest BCUT2D eigenvalue weighted by atomic mass is 10.0. The Bertz CT molecular complexity index is 904. The minimum atomic E-state index is 0.827. The molecule has 0 radical (unpaired) electrons. The molecule has 5 heteroatoms. The quantitative estimate of drug-likeness (QED) is 0.583. The second-order valence-electron chi connectivity index (χ2n) is 6.12. The van der Waals surface area contributed by atoms with Crippen LogP contribution in [0.1, 0.15) is 18.4 Å². The highest BCUT2D eigenvalue weighted by Gasteiger charge is 2.23. The second kappa shape index (κ2) is 7.07. The summed E-state index contributed by atoms with van der Waals surface area (Å²) in [6, 6.07) is 16.5. The van der Waals surface area contributed by atoms with Crippen LogP contribution in [0.3, 0.4) is 0 Å². The zero-order valence-electron chi connectivity index (χ0n) is 14.1. The molecule has 1 aliphatic heterocycles. The van der Waals surface area contributed by atoms with Gasteiger partial charge in [-0.3, -0.25) is 0 Å². The van der Waals surface area contributed by atoms with Crippen molar-refractivity contribution in [2.75, 3.05) is 19.0 Å². The van der Waals surface area contributed by atoms with Crippen LogP contribution < -0.4 is 10.1 Å². The normalized spacial score (nSPS) is 13.7. The van der Waals surface area contributed by atoms with Crippen molar-refractivity contribution in [3.05, 3.63) is 57.7 Å². The Morgan fingerprint density at radius 1 is 1.08 bits per heavy atom. The number of nitrogens with zero attached hydrogens (tertiary/aromatic N) is 2. The average molecular weight is 445 g/mol. The first kappa shape index (κ1) is 16.4. The Kier molecular flexibility index (Phi) is 4.65. The molecule has 2 heterocycles. The number of halogens is 1. The molecule has 1 aromatic heterocycles. The fourth-order valence-corrected chi connectivity index (χ4v) is 3.99. The van der Waals surface area contributed by atoms with E-state index in [2.05, 4.69) is 58.2 Å². The Labute approximate surface area is 161 Å². The van der Waals surface area contributed by atoms with E-state index >= 15 is 0 Å². The van der Waals surface area contributed by atoms with Crippen LogP contribution in [0, 0.1) is 3.57 Å². The zero-order valence-corrected chi connectivity index (χ0v) is 16.3. The number of para-hydroxylation sites is 2. The van der Waals surface area contributed by atoms with Crippen LogP contribution in [-0.4, -0.2) is 23.4 Å². The fourth-order valence-electron chi connectivity index (χ4n) is 3.35. The monoisotopic (exact) mass is 445 g/mol. The molecule has 2 aromatic carbocycles. The molecule has 0 aliphatic carbocycles. The van der Waals surface area contributed by atoms with Gasteiger partial charge in [-0.05, 0) is 60.1 Å². The number of aromatic nitrogens is 2. The second-order valence-corrected chi connectivity index (χ2v) is 7.29. The first-order chi connectivity index (χ1) is 12.3. The van der Waals surface area contributed by atoms with Crippen molar-refractivity contribution in [2.24, 2.45) is 0 Å². The van der Waals surface area contributed by atoms with Gasteiger partial charge in [0.25, 0.3) is 0 Å². The van der Waals surface area contributed by atoms with Crippen LogP contribution >= 0.6 is 22.6 Å². The van der Waals surface area contributed by atoms with Crippen LogP contribution in [0.5, 0.6) is 5.75 Å². The van der Waals surface area contributed by atoms with Crippen LogP contribution in [0.2, 0.25) is 0 Å². The minimum absolute atomic E-state index is 0.827. The van der Waals surface area contributed by atoms with E-state index in [0.717, 1.165) is 35.9 Å². The van der Waals surface area contributed by atoms with Gasteiger partial charge in [0.2, 0.25) is 0 Å². The number of methoxy groups -OCH3 is 1. The number of hydrogen-bond acceptors (Lipinski definition) is 3. The SMILES string of the molecule is COc1ccccc1-n1nc(-c2ccccc2I)c2c1NCCCC2. The average Bonchev–Trinajstić information content (AvgIpc) is 2.83. The van der Waals surface area contributed by atoms with Gasteiger partial charge in [0, 0.05) is 21.2 Å². The largest absolute Gasteiger partial charge is 0.494 e. The molecule has 0 bridgehead atoms. The third-order valence-corrected chi connectivity index (χ3v) is 5.51. The predicted molar refractivity (Wildman–Crippen MR) is 110 cm³/mol. The molecule has 128 valence electrons. The molecular formula is C20H20IN3O. The van der Waals surface area contributed by atoms with Gasteiger partial charge in [-0.15, -0.1) is 0 Å². The van der Waals surface area contributed by atoms with Crippen LogP contribution in [0.4, 0.5) is 5.82 Å². The van der Waals surface area contributed by atoms with E-state index in [0.29, 0.717) is 0 Å². The van der Waals surface area contributed by atoms with Crippen molar-refractivity contribution in [3.63, 3.8) is 0 Å². The van der Waals surface area contributed by atoms with Crippen molar-refractivity contribution in [2.45, 2.75) is 19.3 Å². The van der Waals surface area contributed by atoms with Gasteiger partial charge in [0.15, 0.2) is 0 Å². The summed E-state index contributed by atoms with van der Waals surface area (Å²) in [6.07, 6.45) is 3.39. The van der Waals surface area contributed by atoms with Crippen molar-refractivity contribution >= 4 is 28.4 Å². The fraction of sp³-hybridized carbons (Fsp3) is 0.250. The van der Waals surface area contributed by atoms with E-state index in [1.807, 2.05) is 22.9 Å². The maximum absolute atomic E-state index is 5.57. The number of anilines is 1. The molecule has 0 amide bonds. The van der Waals surface area contributed by atoms with E-state index < -0.39 is 0 Å². The van der Waals surface area contributed by atoms with Crippen molar-refractivity contribution in [1.29, 1.82) is 0 Å². The minimum Gasteiger partial charge on any atom is -0.494 e. The summed E-state index contributed by atoms with van der Waals surface area (Å²) < 4.78 is 8.80. The molecule has 4 nitrogen and oxygen atoms in total. The van der Waals surface area contributed by atoms with Crippen molar-refractivity contribution in [1.82, 2.24) is 9.78 Å². The molecule has 0 spiro atoms. The van der Waals surface area contributed by atoms with Crippen LogP contribution in [0.15, 0.2) is 48.5 Å². The summed E-state index contributed by atoms with van der Waals surface area (Å²) in [4.78, 5) is 0. The van der Waals surface area contributed by atoms with Gasteiger partial charge in [-0.1, -0.05) is 30.3 Å². The summed E-state index contributed by atoms with van der Waals surface area (Å²) >= 11 is 2.39. The van der Waals surface area contributed by atoms with Gasteiger partial charge in [0.1, 0.15) is 17.3 Å². The van der Waals surface area contributed by atoms with Gasteiger partial charge in [0.05, 0.1) is 12.8 Å². The first-order valence-corrected chi connectivity index (χ1v) is 9.61. The number of benzene rings is 2. The van der Waals surface area contributed by atoms with Gasteiger partial charge >= 0.3 is 0 Å². The number of rotatable bonds is 3. The van der Waals surface area contributed by atoms with Gasteiger partial charge in [-0.25, -0.2) is 4.68 Å². The van der Waals surface area contributed by atoms with E-state index in [9.17, 15) is 0 Å².